The van der Waals surface area contributed by atoms with Crippen molar-refractivity contribution < 1.29 is 4.79 Å². The first-order valence-electron chi connectivity index (χ1n) is 9.59. The van der Waals surface area contributed by atoms with Crippen LogP contribution in [0.15, 0.2) is 72.5 Å². The van der Waals surface area contributed by atoms with Crippen LogP contribution in [-0.2, 0) is 4.79 Å². The number of carbonyl (C=O) groups excluding carboxylic acids is 1. The Balaban J connectivity index is 2.08. The van der Waals surface area contributed by atoms with Gasteiger partial charge in [0.05, 0.1) is 6.04 Å². The lowest BCUT2D eigenvalue weighted by Crippen LogP contribution is -2.44. The Bertz CT molecular complexity index is 867. The quantitative estimate of drug-likeness (QED) is 0.719. The number of anilines is 1. The summed E-state index contributed by atoms with van der Waals surface area (Å²) in [6.45, 7) is 7.83. The van der Waals surface area contributed by atoms with Crippen molar-refractivity contribution in [2.45, 2.75) is 46.2 Å². The highest BCUT2D eigenvalue weighted by Gasteiger charge is 2.32. The van der Waals surface area contributed by atoms with E-state index in [1.807, 2.05) is 30.9 Å². The minimum Gasteiger partial charge on any atom is -0.378 e. The summed E-state index contributed by atoms with van der Waals surface area (Å²) in [5, 5.41) is 3.67. The number of allylic oxidation sites excluding steroid dienone is 3. The number of hydrogen-bond acceptors (Lipinski definition) is 2. The lowest BCUT2D eigenvalue weighted by Gasteiger charge is -2.40. The van der Waals surface area contributed by atoms with Crippen LogP contribution in [0.4, 0.5) is 5.69 Å². The van der Waals surface area contributed by atoms with E-state index in [-0.39, 0.29) is 18.0 Å². The molecular formula is C24H28N2O. The zero-order chi connectivity index (χ0) is 19.4. The Morgan fingerprint density at radius 2 is 1.85 bits per heavy atom. The van der Waals surface area contributed by atoms with Crippen molar-refractivity contribution in [1.82, 2.24) is 5.32 Å². The molecule has 1 aliphatic rings. The Hall–Kier alpha value is -2.81. The molecule has 0 radical (unpaired) electrons. The van der Waals surface area contributed by atoms with Crippen LogP contribution < -0.4 is 10.2 Å². The maximum atomic E-state index is 12.3. The SMILES string of the molecule is C/C=C\C(=C/C)N[C@H]1C[C@H](C)N(C(C)=O)c2ccc(-c3ccccc3)cc21. The van der Waals surface area contributed by atoms with E-state index < -0.39 is 0 Å². The van der Waals surface area contributed by atoms with E-state index in [1.54, 1.807) is 6.92 Å². The Morgan fingerprint density at radius 1 is 1.11 bits per heavy atom. The fourth-order valence-electron chi connectivity index (χ4n) is 3.90. The minimum atomic E-state index is 0.0920. The molecule has 0 aliphatic carbocycles. The predicted molar refractivity (Wildman–Crippen MR) is 114 cm³/mol. The maximum absolute atomic E-state index is 12.3. The molecule has 3 rings (SSSR count). The average Bonchev–Trinajstić information content (AvgIpc) is 2.67. The number of rotatable bonds is 4. The third kappa shape index (κ3) is 3.97. The lowest BCUT2D eigenvalue weighted by atomic mass is 9.89. The summed E-state index contributed by atoms with van der Waals surface area (Å²) in [5.74, 6) is 0.0920. The molecule has 3 heteroatoms. The molecule has 0 bridgehead atoms. The normalized spacial score (nSPS) is 19.9. The van der Waals surface area contributed by atoms with Crippen LogP contribution in [0.1, 0.15) is 45.7 Å². The molecule has 0 spiro atoms. The molecule has 2 atom stereocenters. The van der Waals surface area contributed by atoms with Crippen molar-refractivity contribution in [1.29, 1.82) is 0 Å². The van der Waals surface area contributed by atoms with E-state index in [9.17, 15) is 4.79 Å². The van der Waals surface area contributed by atoms with E-state index in [1.165, 1.54) is 16.7 Å². The van der Waals surface area contributed by atoms with Gasteiger partial charge in [0.2, 0.25) is 5.91 Å². The number of hydrogen-bond donors (Lipinski definition) is 1. The van der Waals surface area contributed by atoms with Crippen LogP contribution in [0, 0.1) is 0 Å². The molecule has 1 N–H and O–H groups in total. The van der Waals surface area contributed by atoms with Gasteiger partial charge in [-0.1, -0.05) is 48.6 Å². The zero-order valence-corrected chi connectivity index (χ0v) is 16.6. The number of nitrogens with zero attached hydrogens (tertiary/aromatic N) is 1. The Kier molecular flexibility index (Phi) is 5.80. The highest BCUT2D eigenvalue weighted by Crippen LogP contribution is 2.40. The standard InChI is InChI=1S/C24H28N2O/c1-5-10-21(6-2)25-23-15-17(3)26(18(4)27)24-14-13-20(16-22(23)24)19-11-8-7-9-12-19/h5-14,16-17,23,25H,15H2,1-4H3/b10-5-,21-6+/t17-,23-/m0/s1. The number of carbonyl (C=O) groups is 1. The van der Waals surface area contributed by atoms with Gasteiger partial charge in [-0.3, -0.25) is 4.79 Å². The summed E-state index contributed by atoms with van der Waals surface area (Å²) in [6, 6.07) is 17.1. The van der Waals surface area contributed by atoms with Crippen molar-refractivity contribution in [3.8, 4) is 11.1 Å². The third-order valence-electron chi connectivity index (χ3n) is 5.12. The monoisotopic (exact) mass is 360 g/mol. The minimum absolute atomic E-state index is 0.0920. The van der Waals surface area contributed by atoms with E-state index >= 15 is 0 Å². The fraction of sp³-hybridized carbons (Fsp3) is 0.292. The van der Waals surface area contributed by atoms with Crippen LogP contribution in [0.25, 0.3) is 11.1 Å². The van der Waals surface area contributed by atoms with Crippen LogP contribution in [0.3, 0.4) is 0 Å². The second-order valence-electron chi connectivity index (χ2n) is 7.05. The Morgan fingerprint density at radius 3 is 2.48 bits per heavy atom. The zero-order valence-electron chi connectivity index (χ0n) is 16.6. The van der Waals surface area contributed by atoms with Crippen LogP contribution in [-0.4, -0.2) is 11.9 Å². The van der Waals surface area contributed by atoms with Gasteiger partial charge in [-0.05, 0) is 62.1 Å². The highest BCUT2D eigenvalue weighted by atomic mass is 16.2. The van der Waals surface area contributed by atoms with Crippen molar-refractivity contribution in [3.05, 3.63) is 78.0 Å². The summed E-state index contributed by atoms with van der Waals surface area (Å²) in [7, 11) is 0. The summed E-state index contributed by atoms with van der Waals surface area (Å²) in [6.07, 6.45) is 7.09. The van der Waals surface area contributed by atoms with Gasteiger partial charge in [-0.2, -0.15) is 0 Å². The van der Waals surface area contributed by atoms with E-state index in [4.69, 9.17) is 0 Å². The summed E-state index contributed by atoms with van der Waals surface area (Å²) in [5.41, 5.74) is 5.64. The lowest BCUT2D eigenvalue weighted by molar-refractivity contribution is -0.117. The van der Waals surface area contributed by atoms with Crippen molar-refractivity contribution >= 4 is 11.6 Å². The topological polar surface area (TPSA) is 32.3 Å². The molecule has 27 heavy (non-hydrogen) atoms. The average molecular weight is 361 g/mol. The number of amides is 1. The molecule has 0 saturated heterocycles. The van der Waals surface area contributed by atoms with E-state index in [0.29, 0.717) is 0 Å². The van der Waals surface area contributed by atoms with Gasteiger partial charge in [0.15, 0.2) is 0 Å². The number of benzene rings is 2. The first-order chi connectivity index (χ1) is 13.0. The maximum Gasteiger partial charge on any atom is 0.224 e. The van der Waals surface area contributed by atoms with Gasteiger partial charge in [0.25, 0.3) is 0 Å². The van der Waals surface area contributed by atoms with Crippen LogP contribution in [0.2, 0.25) is 0 Å². The van der Waals surface area contributed by atoms with Crippen molar-refractivity contribution in [3.63, 3.8) is 0 Å². The molecule has 2 aromatic carbocycles. The van der Waals surface area contributed by atoms with E-state index in [2.05, 4.69) is 66.9 Å². The van der Waals surface area contributed by atoms with E-state index in [0.717, 1.165) is 17.8 Å². The Labute approximate surface area is 162 Å². The highest BCUT2D eigenvalue weighted by molar-refractivity contribution is 5.94. The second-order valence-corrected chi connectivity index (χ2v) is 7.05. The van der Waals surface area contributed by atoms with Gasteiger partial charge in [0, 0.05) is 24.4 Å². The van der Waals surface area contributed by atoms with Gasteiger partial charge in [-0.15, -0.1) is 0 Å². The molecule has 2 aromatic rings. The summed E-state index contributed by atoms with van der Waals surface area (Å²) in [4.78, 5) is 14.2. The first-order valence-corrected chi connectivity index (χ1v) is 9.59. The third-order valence-corrected chi connectivity index (χ3v) is 5.12. The first kappa shape index (κ1) is 19.0. The van der Waals surface area contributed by atoms with Gasteiger partial charge in [-0.25, -0.2) is 0 Å². The van der Waals surface area contributed by atoms with Gasteiger partial charge >= 0.3 is 0 Å². The molecule has 0 fully saturated rings. The molecule has 1 amide bonds. The number of nitrogens with one attached hydrogen (secondary N) is 1. The number of fused-ring (bicyclic) bond motifs is 1. The molecule has 0 unspecified atom stereocenters. The predicted octanol–water partition coefficient (Wildman–Crippen LogP) is 5.61. The molecule has 3 nitrogen and oxygen atoms in total. The molecule has 140 valence electrons. The molecule has 0 saturated carbocycles. The smallest absolute Gasteiger partial charge is 0.224 e. The molecule has 1 heterocycles. The van der Waals surface area contributed by atoms with Crippen LogP contribution in [0.5, 0.6) is 0 Å². The summed E-state index contributed by atoms with van der Waals surface area (Å²) >= 11 is 0. The second kappa shape index (κ2) is 8.26. The molecule has 0 aromatic heterocycles. The van der Waals surface area contributed by atoms with Gasteiger partial charge in [0.1, 0.15) is 0 Å². The summed E-state index contributed by atoms with van der Waals surface area (Å²) < 4.78 is 0. The van der Waals surface area contributed by atoms with Crippen molar-refractivity contribution in [2.75, 3.05) is 4.90 Å². The largest absolute Gasteiger partial charge is 0.378 e. The van der Waals surface area contributed by atoms with Crippen LogP contribution >= 0.6 is 0 Å². The van der Waals surface area contributed by atoms with Gasteiger partial charge < -0.3 is 10.2 Å². The van der Waals surface area contributed by atoms with Crippen molar-refractivity contribution in [2.24, 2.45) is 0 Å². The molecular weight excluding hydrogens is 332 g/mol. The fourth-order valence-corrected chi connectivity index (χ4v) is 3.90. The molecule has 1 aliphatic heterocycles.